The van der Waals surface area contributed by atoms with E-state index in [1.165, 1.54) is 11.1 Å². The highest BCUT2D eigenvalue weighted by Crippen LogP contribution is 2.05. The summed E-state index contributed by atoms with van der Waals surface area (Å²) >= 11 is 0. The Bertz CT molecular complexity index is 902. The second-order valence-electron chi connectivity index (χ2n) is 9.38. The molecule has 0 radical (unpaired) electrons. The van der Waals surface area contributed by atoms with Gasteiger partial charge in [-0.2, -0.15) is 0 Å². The first-order valence-electron chi connectivity index (χ1n) is 14.0. The van der Waals surface area contributed by atoms with Gasteiger partial charge in [0.2, 0.25) is 11.8 Å². The van der Waals surface area contributed by atoms with E-state index in [9.17, 15) is 19.2 Å². The highest BCUT2D eigenvalue weighted by Gasteiger charge is 2.08. The molecule has 0 unspecified atom stereocenters. The number of nitrogens with one attached hydrogen (secondary N) is 2. The standard InChI is InChI=1S/C31H42N2O6/c34-28(18-7-20-30(36)38-24-9-16-26-12-3-1-4-13-26)32-22-11-23-33-29(35)19-8-21-31(37)39-25-10-17-27-14-5-2-6-15-27/h1-6,12-15H,7-11,16-25H2,(H,32,34)(H,33,35). The molecule has 8 heteroatoms. The van der Waals surface area contributed by atoms with Crippen LogP contribution in [0.2, 0.25) is 0 Å². The molecule has 0 saturated heterocycles. The average molecular weight is 539 g/mol. The van der Waals surface area contributed by atoms with E-state index in [1.54, 1.807) is 0 Å². The predicted octanol–water partition coefficient (Wildman–Crippen LogP) is 4.30. The molecule has 2 aromatic rings. The lowest BCUT2D eigenvalue weighted by molar-refractivity contribution is -0.145. The summed E-state index contributed by atoms with van der Waals surface area (Å²) in [6.45, 7) is 1.65. The molecule has 0 bridgehead atoms. The Balaban J connectivity index is 1.35. The minimum absolute atomic E-state index is 0.125. The lowest BCUT2D eigenvalue weighted by atomic mass is 10.1. The molecule has 2 aromatic carbocycles. The monoisotopic (exact) mass is 538 g/mol. The quantitative estimate of drug-likeness (QED) is 0.192. The lowest BCUT2D eigenvalue weighted by Crippen LogP contribution is -2.29. The van der Waals surface area contributed by atoms with Crippen molar-refractivity contribution in [2.45, 2.75) is 70.6 Å². The Morgan fingerprint density at radius 2 is 0.923 bits per heavy atom. The summed E-state index contributed by atoms with van der Waals surface area (Å²) in [7, 11) is 0. The first-order chi connectivity index (χ1) is 19.0. The van der Waals surface area contributed by atoms with Crippen LogP contribution < -0.4 is 10.6 Å². The molecule has 0 spiro atoms. The van der Waals surface area contributed by atoms with Gasteiger partial charge < -0.3 is 20.1 Å². The van der Waals surface area contributed by atoms with Gasteiger partial charge >= 0.3 is 11.9 Å². The Hall–Kier alpha value is -3.68. The molecule has 0 fully saturated rings. The SMILES string of the molecule is O=C(CCCC(=O)OCCCc1ccccc1)NCCCNC(=O)CCCC(=O)OCCCc1ccccc1. The number of benzene rings is 2. The molecule has 39 heavy (non-hydrogen) atoms. The van der Waals surface area contributed by atoms with Crippen LogP contribution >= 0.6 is 0 Å². The van der Waals surface area contributed by atoms with Crippen molar-refractivity contribution in [1.29, 1.82) is 0 Å². The second kappa shape index (κ2) is 20.3. The third-order valence-corrected chi connectivity index (χ3v) is 6.00. The third-order valence-electron chi connectivity index (χ3n) is 6.00. The van der Waals surface area contributed by atoms with Crippen LogP contribution in [0.15, 0.2) is 60.7 Å². The van der Waals surface area contributed by atoms with Gasteiger partial charge in [0.15, 0.2) is 0 Å². The van der Waals surface area contributed by atoms with Crippen LogP contribution in [0.1, 0.15) is 68.9 Å². The number of amides is 2. The highest BCUT2D eigenvalue weighted by molar-refractivity contribution is 5.77. The van der Waals surface area contributed by atoms with Crippen LogP contribution in [0.4, 0.5) is 0 Å². The molecule has 0 heterocycles. The van der Waals surface area contributed by atoms with Gasteiger partial charge in [-0.3, -0.25) is 19.2 Å². The first kappa shape index (κ1) is 31.5. The maximum absolute atomic E-state index is 11.9. The van der Waals surface area contributed by atoms with E-state index >= 15 is 0 Å². The van der Waals surface area contributed by atoms with Gasteiger partial charge in [-0.15, -0.1) is 0 Å². The van der Waals surface area contributed by atoms with Gasteiger partial charge in [0.25, 0.3) is 0 Å². The van der Waals surface area contributed by atoms with Crippen molar-refractivity contribution in [3.63, 3.8) is 0 Å². The molecule has 0 saturated carbocycles. The van der Waals surface area contributed by atoms with Crippen LogP contribution in [0, 0.1) is 0 Å². The van der Waals surface area contributed by atoms with Crippen molar-refractivity contribution in [1.82, 2.24) is 10.6 Å². The van der Waals surface area contributed by atoms with Crippen LogP contribution in [-0.2, 0) is 41.5 Å². The van der Waals surface area contributed by atoms with E-state index in [0.717, 1.165) is 25.7 Å². The highest BCUT2D eigenvalue weighted by atomic mass is 16.5. The van der Waals surface area contributed by atoms with Crippen molar-refractivity contribution in [2.24, 2.45) is 0 Å². The summed E-state index contributed by atoms with van der Waals surface area (Å²) in [6, 6.07) is 20.1. The first-order valence-corrected chi connectivity index (χ1v) is 14.0. The normalized spacial score (nSPS) is 10.5. The summed E-state index contributed by atoms with van der Waals surface area (Å²) in [5.74, 6) is -0.814. The molecule has 2 amide bonds. The predicted molar refractivity (Wildman–Crippen MR) is 150 cm³/mol. The van der Waals surface area contributed by atoms with Crippen LogP contribution in [0.25, 0.3) is 0 Å². The summed E-state index contributed by atoms with van der Waals surface area (Å²) in [5.41, 5.74) is 2.43. The Morgan fingerprint density at radius 1 is 0.513 bits per heavy atom. The van der Waals surface area contributed by atoms with E-state index in [4.69, 9.17) is 9.47 Å². The summed E-state index contributed by atoms with van der Waals surface area (Å²) in [6.07, 6.45) is 5.70. The van der Waals surface area contributed by atoms with E-state index in [2.05, 4.69) is 10.6 Å². The van der Waals surface area contributed by atoms with Gasteiger partial charge in [-0.05, 0) is 56.1 Å². The van der Waals surface area contributed by atoms with Gasteiger partial charge in [-0.1, -0.05) is 60.7 Å². The van der Waals surface area contributed by atoms with Crippen LogP contribution in [-0.4, -0.2) is 50.1 Å². The molecule has 2 N–H and O–H groups in total. The zero-order valence-corrected chi connectivity index (χ0v) is 22.8. The van der Waals surface area contributed by atoms with Gasteiger partial charge in [0.05, 0.1) is 13.2 Å². The number of carbonyl (C=O) groups is 4. The van der Waals surface area contributed by atoms with Crippen molar-refractivity contribution in [2.75, 3.05) is 26.3 Å². The molecule has 0 aromatic heterocycles. The van der Waals surface area contributed by atoms with Gasteiger partial charge in [0, 0.05) is 38.8 Å². The van der Waals surface area contributed by atoms with Crippen molar-refractivity contribution >= 4 is 23.8 Å². The zero-order chi connectivity index (χ0) is 28.0. The fourth-order valence-corrected chi connectivity index (χ4v) is 3.87. The number of ether oxygens (including phenoxy) is 2. The number of hydrogen-bond donors (Lipinski definition) is 2. The van der Waals surface area contributed by atoms with E-state index in [0.29, 0.717) is 45.6 Å². The maximum Gasteiger partial charge on any atom is 0.305 e. The van der Waals surface area contributed by atoms with E-state index in [1.807, 2.05) is 60.7 Å². The summed E-state index contributed by atoms with van der Waals surface area (Å²) < 4.78 is 10.4. The molecule has 0 aliphatic carbocycles. The molecule has 2 rings (SSSR count). The molecule has 0 atom stereocenters. The number of hydrogen-bond acceptors (Lipinski definition) is 6. The number of aryl methyl sites for hydroxylation is 2. The Kier molecular flexibility index (Phi) is 16.4. The molecule has 0 aliphatic rings. The van der Waals surface area contributed by atoms with Crippen LogP contribution in [0.3, 0.4) is 0 Å². The van der Waals surface area contributed by atoms with Gasteiger partial charge in [0.1, 0.15) is 0 Å². The summed E-state index contributed by atoms with van der Waals surface area (Å²) in [5, 5.41) is 5.58. The molecule has 0 aliphatic heterocycles. The third kappa shape index (κ3) is 16.7. The largest absolute Gasteiger partial charge is 0.466 e. The maximum atomic E-state index is 11.9. The number of carbonyl (C=O) groups excluding carboxylic acids is 4. The number of esters is 2. The molecular weight excluding hydrogens is 496 g/mol. The van der Waals surface area contributed by atoms with Crippen molar-refractivity contribution < 1.29 is 28.7 Å². The summed E-state index contributed by atoms with van der Waals surface area (Å²) in [4.78, 5) is 47.4. The van der Waals surface area contributed by atoms with E-state index in [-0.39, 0.29) is 49.4 Å². The van der Waals surface area contributed by atoms with Crippen molar-refractivity contribution in [3.05, 3.63) is 71.8 Å². The fraction of sp³-hybridized carbons (Fsp3) is 0.484. The fourth-order valence-electron chi connectivity index (χ4n) is 3.87. The molecule has 212 valence electrons. The second-order valence-corrected chi connectivity index (χ2v) is 9.38. The zero-order valence-electron chi connectivity index (χ0n) is 22.8. The number of rotatable bonds is 20. The molecular formula is C31H42N2O6. The Labute approximate surface area is 231 Å². The minimum Gasteiger partial charge on any atom is -0.466 e. The van der Waals surface area contributed by atoms with E-state index < -0.39 is 0 Å². The Morgan fingerprint density at radius 3 is 1.33 bits per heavy atom. The minimum atomic E-state index is -0.283. The van der Waals surface area contributed by atoms with Gasteiger partial charge in [-0.25, -0.2) is 0 Å². The van der Waals surface area contributed by atoms with Crippen LogP contribution in [0.5, 0.6) is 0 Å². The van der Waals surface area contributed by atoms with Crippen molar-refractivity contribution in [3.8, 4) is 0 Å². The average Bonchev–Trinajstić information content (AvgIpc) is 2.94. The lowest BCUT2D eigenvalue weighted by Gasteiger charge is -2.08. The molecule has 8 nitrogen and oxygen atoms in total. The topological polar surface area (TPSA) is 111 Å². The smallest absolute Gasteiger partial charge is 0.305 e.